The Morgan fingerprint density at radius 3 is 1.86 bits per heavy atom. The third-order valence-corrected chi connectivity index (χ3v) is 11.9. The number of thiophene rings is 1. The first-order valence-electron chi connectivity index (χ1n) is 21.5. The molecule has 8 aromatic carbocycles. The summed E-state index contributed by atoms with van der Waals surface area (Å²) in [6.45, 7) is 0. The standard InChI is InChI=1S/C51H30N4OS/c1-2-15-31(16-3-1)49-52-50(54-51(53-49)41-26-13-22-37-34-19-6-10-29-44(34)56-47(37)41)40-25-12-21-36(39-24-14-23-38-35-20-7-11-30-45(35)57-48(38)39)46(40)55-42-27-8-4-17-32(42)33-18-5-9-28-43(33)55/h1-30H/i4D,5D,17D,18D,27D,28D. The Morgan fingerprint density at radius 2 is 1.05 bits per heavy atom. The molecule has 266 valence electrons. The molecule has 0 aliphatic carbocycles. The van der Waals surface area contributed by atoms with E-state index in [2.05, 4.69) is 24.3 Å². The van der Waals surface area contributed by atoms with Crippen LogP contribution in [0.15, 0.2) is 186 Å². The summed E-state index contributed by atoms with van der Waals surface area (Å²) >= 11 is 1.67. The largest absolute Gasteiger partial charge is 0.455 e. The molecule has 0 fully saturated rings. The van der Waals surface area contributed by atoms with Crippen molar-refractivity contribution in [2.24, 2.45) is 0 Å². The maximum Gasteiger partial charge on any atom is 0.167 e. The van der Waals surface area contributed by atoms with Gasteiger partial charge in [0.1, 0.15) is 11.2 Å². The third-order valence-electron chi connectivity index (χ3n) is 10.6. The molecule has 0 radical (unpaired) electrons. The average Bonchev–Trinajstić information content (AvgIpc) is 4.01. The predicted octanol–water partition coefficient (Wildman–Crippen LogP) is 13.9. The predicted molar refractivity (Wildman–Crippen MR) is 236 cm³/mol. The summed E-state index contributed by atoms with van der Waals surface area (Å²) in [6, 6.07) is 45.6. The molecule has 4 heterocycles. The Hall–Kier alpha value is -7.41. The quantitative estimate of drug-likeness (QED) is 0.176. The number of hydrogen-bond donors (Lipinski definition) is 0. The van der Waals surface area contributed by atoms with E-state index in [-0.39, 0.29) is 58.1 Å². The molecule has 5 nitrogen and oxygen atoms in total. The van der Waals surface area contributed by atoms with E-state index in [1.54, 1.807) is 15.9 Å². The van der Waals surface area contributed by atoms with E-state index in [1.807, 2.05) is 109 Å². The van der Waals surface area contributed by atoms with Crippen molar-refractivity contribution in [3.8, 4) is 51.0 Å². The lowest BCUT2D eigenvalue weighted by atomic mass is 9.97. The van der Waals surface area contributed by atoms with Crippen LogP contribution in [0.25, 0.3) is 115 Å². The van der Waals surface area contributed by atoms with E-state index in [0.29, 0.717) is 39.9 Å². The molecule has 12 rings (SSSR count). The third kappa shape index (κ3) is 4.91. The highest BCUT2D eigenvalue weighted by molar-refractivity contribution is 7.26. The van der Waals surface area contributed by atoms with Crippen LogP contribution < -0.4 is 0 Å². The molecular formula is C51H30N4OS. The van der Waals surface area contributed by atoms with E-state index in [0.717, 1.165) is 53.2 Å². The van der Waals surface area contributed by atoms with Crippen molar-refractivity contribution in [1.29, 1.82) is 0 Å². The minimum atomic E-state index is -0.193. The fraction of sp³-hybridized carbons (Fsp3) is 0. The highest BCUT2D eigenvalue weighted by Crippen LogP contribution is 2.46. The fourth-order valence-electron chi connectivity index (χ4n) is 8.14. The van der Waals surface area contributed by atoms with Gasteiger partial charge in [0.2, 0.25) is 0 Å². The fourth-order valence-corrected chi connectivity index (χ4v) is 9.37. The van der Waals surface area contributed by atoms with Gasteiger partial charge < -0.3 is 8.98 Å². The summed E-state index contributed by atoms with van der Waals surface area (Å²) in [5.41, 5.74) is 5.92. The molecule has 0 saturated carbocycles. The summed E-state index contributed by atoms with van der Waals surface area (Å²) in [4.78, 5) is 15.6. The summed E-state index contributed by atoms with van der Waals surface area (Å²) < 4.78 is 65.1. The second-order valence-electron chi connectivity index (χ2n) is 13.8. The Labute approximate surface area is 339 Å². The first-order valence-corrected chi connectivity index (χ1v) is 19.3. The van der Waals surface area contributed by atoms with Gasteiger partial charge in [0, 0.05) is 64.0 Å². The van der Waals surface area contributed by atoms with Gasteiger partial charge in [-0.05, 0) is 36.4 Å². The molecule has 6 heteroatoms. The molecule has 4 aromatic heterocycles. The van der Waals surface area contributed by atoms with Crippen molar-refractivity contribution in [3.05, 3.63) is 182 Å². The van der Waals surface area contributed by atoms with Crippen molar-refractivity contribution in [2.45, 2.75) is 0 Å². The number of fused-ring (bicyclic) bond motifs is 9. The van der Waals surface area contributed by atoms with Gasteiger partial charge >= 0.3 is 0 Å². The molecule has 0 spiro atoms. The molecule has 0 unspecified atom stereocenters. The highest BCUT2D eigenvalue weighted by atomic mass is 32.1. The average molecular weight is 753 g/mol. The molecule has 0 amide bonds. The smallest absolute Gasteiger partial charge is 0.167 e. The lowest BCUT2D eigenvalue weighted by molar-refractivity contribution is 0.669. The van der Waals surface area contributed by atoms with Gasteiger partial charge in [-0.3, -0.25) is 0 Å². The van der Waals surface area contributed by atoms with Crippen molar-refractivity contribution in [3.63, 3.8) is 0 Å². The highest BCUT2D eigenvalue weighted by Gasteiger charge is 2.24. The lowest BCUT2D eigenvalue weighted by Gasteiger charge is -2.19. The van der Waals surface area contributed by atoms with Crippen LogP contribution in [0.1, 0.15) is 8.22 Å². The summed E-state index contributed by atoms with van der Waals surface area (Å²) in [7, 11) is 0. The monoisotopic (exact) mass is 752 g/mol. The Kier molecular flexibility index (Phi) is 5.82. The van der Waals surface area contributed by atoms with E-state index in [1.165, 1.54) is 12.1 Å². The second kappa shape index (κ2) is 12.6. The number of furan rings is 1. The van der Waals surface area contributed by atoms with Crippen molar-refractivity contribution in [2.75, 3.05) is 0 Å². The molecule has 57 heavy (non-hydrogen) atoms. The Bertz CT molecular complexity index is 3830. The molecular weight excluding hydrogens is 717 g/mol. The van der Waals surface area contributed by atoms with Crippen LogP contribution in [0, 0.1) is 0 Å². The van der Waals surface area contributed by atoms with Gasteiger partial charge in [-0.2, -0.15) is 0 Å². The van der Waals surface area contributed by atoms with Crippen LogP contribution in [0.5, 0.6) is 0 Å². The number of para-hydroxylation sites is 5. The van der Waals surface area contributed by atoms with E-state index < -0.39 is 0 Å². The number of aromatic nitrogens is 4. The van der Waals surface area contributed by atoms with Crippen molar-refractivity contribution >= 4 is 75.3 Å². The molecule has 0 saturated heterocycles. The summed E-state index contributed by atoms with van der Waals surface area (Å²) in [5.74, 6) is 1.08. The second-order valence-corrected chi connectivity index (χ2v) is 14.9. The van der Waals surface area contributed by atoms with Crippen LogP contribution in [0.4, 0.5) is 0 Å². The molecule has 0 atom stereocenters. The van der Waals surface area contributed by atoms with E-state index >= 15 is 0 Å². The zero-order chi connectivity index (χ0) is 42.7. The normalized spacial score (nSPS) is 13.3. The van der Waals surface area contributed by atoms with Gasteiger partial charge in [0.25, 0.3) is 0 Å². The lowest BCUT2D eigenvalue weighted by Crippen LogP contribution is -2.05. The molecule has 12 aromatic rings. The Morgan fingerprint density at radius 1 is 0.456 bits per heavy atom. The zero-order valence-electron chi connectivity index (χ0n) is 36.0. The summed E-state index contributed by atoms with van der Waals surface area (Å²) in [6.07, 6.45) is 0. The van der Waals surface area contributed by atoms with Crippen LogP contribution in [0.2, 0.25) is 0 Å². The first kappa shape index (κ1) is 26.4. The first-order chi connectivity index (χ1) is 30.7. The molecule has 0 bridgehead atoms. The van der Waals surface area contributed by atoms with Crippen LogP contribution in [-0.4, -0.2) is 19.5 Å². The van der Waals surface area contributed by atoms with Crippen molar-refractivity contribution < 1.29 is 12.6 Å². The van der Waals surface area contributed by atoms with Gasteiger partial charge in [-0.15, -0.1) is 11.3 Å². The molecule has 0 aliphatic rings. The van der Waals surface area contributed by atoms with Gasteiger partial charge in [-0.25, -0.2) is 15.0 Å². The Balaban J connectivity index is 1.26. The van der Waals surface area contributed by atoms with Gasteiger partial charge in [0.15, 0.2) is 17.5 Å². The van der Waals surface area contributed by atoms with E-state index in [4.69, 9.17) is 22.1 Å². The SMILES string of the molecule is [2H]c1cc([2H])c2c(c1[2H])c1c([2H])c([2H])cc([2H])c1n2-c1c(-c2nc(-c3ccccc3)nc(-c3cccc4c3oc3ccccc34)n2)cccc1-c1cccc2c1sc1ccccc12. The number of rotatable bonds is 5. The van der Waals surface area contributed by atoms with Gasteiger partial charge in [-0.1, -0.05) is 145 Å². The maximum atomic E-state index is 9.45. The van der Waals surface area contributed by atoms with Gasteiger partial charge in [0.05, 0.1) is 30.5 Å². The van der Waals surface area contributed by atoms with Crippen LogP contribution in [-0.2, 0) is 0 Å². The maximum absolute atomic E-state index is 9.45. The minimum absolute atomic E-state index is 0.0637. The number of nitrogens with zero attached hydrogens (tertiary/aromatic N) is 4. The van der Waals surface area contributed by atoms with Crippen molar-refractivity contribution in [1.82, 2.24) is 19.5 Å². The van der Waals surface area contributed by atoms with E-state index in [9.17, 15) is 5.48 Å². The zero-order valence-corrected chi connectivity index (χ0v) is 30.8. The number of hydrogen-bond acceptors (Lipinski definition) is 5. The number of benzene rings is 8. The van der Waals surface area contributed by atoms with Crippen LogP contribution in [0.3, 0.4) is 0 Å². The molecule has 0 aliphatic heterocycles. The molecule has 0 N–H and O–H groups in total. The summed E-state index contributed by atoms with van der Waals surface area (Å²) in [5, 5.41) is 4.40. The topological polar surface area (TPSA) is 56.7 Å². The minimum Gasteiger partial charge on any atom is -0.455 e. The van der Waals surface area contributed by atoms with Crippen LogP contribution >= 0.6 is 11.3 Å².